The van der Waals surface area contributed by atoms with Gasteiger partial charge in [-0.15, -0.1) is 23.3 Å². The summed E-state index contributed by atoms with van der Waals surface area (Å²) in [6, 6.07) is 30.6. The number of hydrogen-bond acceptors (Lipinski definition) is 1. The average molecular weight is 1050 g/mol. The molecule has 3 aromatic heterocycles. The Morgan fingerprint density at radius 3 is 2.11 bits per heavy atom. The Hall–Kier alpha value is -4.74. The van der Waals surface area contributed by atoms with Gasteiger partial charge in [0.15, 0.2) is 0 Å². The maximum Gasteiger partial charge on any atom is 0.134 e. The van der Waals surface area contributed by atoms with Crippen molar-refractivity contribution in [1.29, 1.82) is 0 Å². The molecule has 2 fully saturated rings. The van der Waals surface area contributed by atoms with Crippen LogP contribution in [-0.2, 0) is 32.9 Å². The number of aromatic nitrogens is 2. The van der Waals surface area contributed by atoms with E-state index in [1.54, 1.807) is 0 Å². The third-order valence-corrected chi connectivity index (χ3v) is 15.6. The largest absolute Gasteiger partial charge is 0.469 e. The molecule has 0 unspecified atom stereocenters. The van der Waals surface area contributed by atoms with E-state index in [2.05, 4.69) is 134 Å². The molecule has 9 rings (SSSR count). The second-order valence-electron chi connectivity index (χ2n) is 20.8. The Labute approximate surface area is 397 Å². The van der Waals surface area contributed by atoms with E-state index >= 15 is 0 Å². The van der Waals surface area contributed by atoms with Crippen LogP contribution in [0.15, 0.2) is 108 Å². The minimum atomic E-state index is -1.45. The topological polar surface area (TPSA) is 20.9 Å². The molecule has 337 valence electrons. The molecule has 0 amide bonds. The normalized spacial score (nSPS) is 15.0. The molecule has 0 saturated heterocycles. The predicted molar refractivity (Wildman–Crippen MR) is 265 cm³/mol. The van der Waals surface area contributed by atoms with Crippen molar-refractivity contribution in [1.82, 2.24) is 0 Å². The number of rotatable bonds is 8. The summed E-state index contributed by atoms with van der Waals surface area (Å²) in [7, 11) is 7.18. The van der Waals surface area contributed by atoms with Crippen LogP contribution < -0.4 is 14.3 Å². The maximum atomic E-state index is 13.6. The molecule has 0 atom stereocenters. The van der Waals surface area contributed by atoms with Crippen LogP contribution in [0.2, 0.25) is 19.6 Å². The molecule has 3 nitrogen and oxygen atoms in total. The first-order chi connectivity index (χ1) is 30.0. The number of hydrogen-bond donors (Lipinski definition) is 0. The summed E-state index contributed by atoms with van der Waals surface area (Å²) in [5, 5.41) is 3.58. The maximum absolute atomic E-state index is 13.6. The van der Waals surface area contributed by atoms with Gasteiger partial charge in [0.05, 0.1) is 37.4 Å². The van der Waals surface area contributed by atoms with Crippen molar-refractivity contribution in [2.45, 2.75) is 117 Å². The SMILES string of the molecule is [CH2-]c1cc(C2CCCCC2)ccc1-c1cc(CC(C)(C)C)c([Si](C)(C)C)c[n+]1[CH2-].[CH2-]c1ccc2c(oc3cccc(-c4ccc(F)cc4)c32)c1-c1cc(CC2CCCC2)cc[n+]1[CH2-].[Ir]. The molecule has 4 aromatic carbocycles. The molecule has 6 heteroatoms. The van der Waals surface area contributed by atoms with Gasteiger partial charge in [0.1, 0.15) is 11.4 Å². The number of fused-ring (bicyclic) bond motifs is 3. The molecule has 2 aliphatic carbocycles. The zero-order chi connectivity index (χ0) is 44.6. The summed E-state index contributed by atoms with van der Waals surface area (Å²) < 4.78 is 24.0. The van der Waals surface area contributed by atoms with Gasteiger partial charge in [-0.1, -0.05) is 151 Å². The van der Waals surface area contributed by atoms with Crippen molar-refractivity contribution in [3.8, 4) is 33.6 Å². The van der Waals surface area contributed by atoms with Crippen molar-refractivity contribution < 1.29 is 38.0 Å². The molecular weight excluding hydrogens is 980 g/mol. The molecule has 7 aromatic rings. The average Bonchev–Trinajstić information content (AvgIpc) is 3.90. The number of nitrogens with zero attached hydrogens (tertiary/aromatic N) is 2. The quantitative estimate of drug-likeness (QED) is 0.0844. The third-order valence-electron chi connectivity index (χ3n) is 13.5. The molecule has 3 heterocycles. The van der Waals surface area contributed by atoms with Crippen LogP contribution >= 0.6 is 0 Å². The minimum absolute atomic E-state index is 0. The van der Waals surface area contributed by atoms with E-state index in [0.717, 1.165) is 80.1 Å². The first-order valence-electron chi connectivity index (χ1n) is 23.3. The zero-order valence-corrected chi connectivity index (χ0v) is 42.5. The van der Waals surface area contributed by atoms with Gasteiger partial charge in [0, 0.05) is 45.0 Å². The number of halogens is 1. The Kier molecular flexibility index (Phi) is 14.3. The molecule has 2 saturated carbocycles. The third kappa shape index (κ3) is 10.4. The molecule has 1 radical (unpaired) electrons. The zero-order valence-electron chi connectivity index (χ0n) is 39.1. The van der Waals surface area contributed by atoms with Crippen molar-refractivity contribution >= 4 is 35.2 Å². The van der Waals surface area contributed by atoms with E-state index in [1.807, 2.05) is 35.0 Å². The monoisotopic (exact) mass is 1050 g/mol. The van der Waals surface area contributed by atoms with Gasteiger partial charge in [0.25, 0.3) is 0 Å². The smallest absolute Gasteiger partial charge is 0.134 e. The summed E-state index contributed by atoms with van der Waals surface area (Å²) in [5.41, 5.74) is 14.6. The van der Waals surface area contributed by atoms with Crippen LogP contribution in [0.4, 0.5) is 4.39 Å². The van der Waals surface area contributed by atoms with Gasteiger partial charge in [-0.3, -0.25) is 0 Å². The fraction of sp³-hybridized carbons (Fsp3) is 0.345. The molecule has 0 bridgehead atoms. The van der Waals surface area contributed by atoms with Crippen molar-refractivity contribution in [2.75, 3.05) is 0 Å². The Balaban J connectivity index is 0.000000191. The van der Waals surface area contributed by atoms with Crippen LogP contribution in [-0.4, -0.2) is 8.07 Å². The van der Waals surface area contributed by atoms with E-state index in [1.165, 1.54) is 103 Å². The summed E-state index contributed by atoms with van der Waals surface area (Å²) >= 11 is 0. The number of furan rings is 1. The summed E-state index contributed by atoms with van der Waals surface area (Å²) in [4.78, 5) is 0. The van der Waals surface area contributed by atoms with Crippen molar-refractivity contribution in [3.05, 3.63) is 165 Å². The first-order valence-corrected chi connectivity index (χ1v) is 26.8. The van der Waals surface area contributed by atoms with Crippen LogP contribution in [0, 0.1) is 45.1 Å². The molecular formula is C58H67FIrN2OSi-2. The van der Waals surface area contributed by atoms with Crippen molar-refractivity contribution in [3.63, 3.8) is 0 Å². The van der Waals surface area contributed by atoms with Gasteiger partial charge in [-0.2, -0.15) is 37.1 Å². The predicted octanol–water partition coefficient (Wildman–Crippen LogP) is 14.5. The Morgan fingerprint density at radius 1 is 0.734 bits per heavy atom. The molecule has 2 aliphatic rings. The van der Waals surface area contributed by atoms with Crippen LogP contribution in [0.1, 0.15) is 112 Å². The Morgan fingerprint density at radius 2 is 1.44 bits per heavy atom. The standard InChI is InChI=1S/C31H27FNO.C27H40NSi.Ir/c1-20-10-15-26-30-25(23-11-13-24(32)14-12-23)8-5-9-28(30)34-31(26)29(20)27-19-22(16-17-33(27)2)18-21-6-3-4-7-21;1-20-16-22(21-12-10-9-11-13-21)14-15-24(20)25-17-23(18-27(2,3)4)26(19-28(25)5)29(6,7)8;/h5,8-17,19,21H,1-4,6-7,18H2;14-17,19,21H,1,5,9-13,18H2,2-4,6-8H3;/q2*-1;. The van der Waals surface area contributed by atoms with Crippen LogP contribution in [0.5, 0.6) is 0 Å². The summed E-state index contributed by atoms with van der Waals surface area (Å²) in [6.45, 7) is 23.1. The second kappa shape index (κ2) is 19.4. The molecule has 0 aliphatic heterocycles. The fourth-order valence-corrected chi connectivity index (χ4v) is 12.0. The van der Waals surface area contributed by atoms with Crippen LogP contribution in [0.3, 0.4) is 0 Å². The molecule has 0 N–H and O–H groups in total. The van der Waals surface area contributed by atoms with Gasteiger partial charge in [-0.25, -0.2) is 4.39 Å². The Bertz CT molecular complexity index is 2740. The van der Waals surface area contributed by atoms with Gasteiger partial charge in [0.2, 0.25) is 0 Å². The van der Waals surface area contributed by atoms with E-state index in [-0.39, 0.29) is 31.3 Å². The fourth-order valence-electron chi connectivity index (χ4n) is 10.4. The van der Waals surface area contributed by atoms with E-state index in [4.69, 9.17) is 4.42 Å². The van der Waals surface area contributed by atoms with E-state index < -0.39 is 8.07 Å². The molecule has 64 heavy (non-hydrogen) atoms. The van der Waals surface area contributed by atoms with Crippen molar-refractivity contribution in [2.24, 2.45) is 11.3 Å². The summed E-state index contributed by atoms with van der Waals surface area (Å²) in [5.74, 6) is 1.25. The van der Waals surface area contributed by atoms with Gasteiger partial charge < -0.3 is 13.6 Å². The van der Waals surface area contributed by atoms with Crippen LogP contribution in [0.25, 0.3) is 55.6 Å². The van der Waals surface area contributed by atoms with Gasteiger partial charge >= 0.3 is 0 Å². The van der Waals surface area contributed by atoms with E-state index in [0.29, 0.717) is 0 Å². The number of benzene rings is 4. The van der Waals surface area contributed by atoms with Gasteiger partial charge in [-0.05, 0) is 77.4 Å². The second-order valence-corrected chi connectivity index (χ2v) is 25.9. The minimum Gasteiger partial charge on any atom is -0.469 e. The number of pyridine rings is 2. The first kappa shape index (κ1) is 47.2. The van der Waals surface area contributed by atoms with E-state index in [9.17, 15) is 4.39 Å². The summed E-state index contributed by atoms with van der Waals surface area (Å²) in [6.07, 6.45) is 18.7. The molecule has 0 spiro atoms.